The Kier molecular flexibility index (Phi) is 4.65. The zero-order valence-electron chi connectivity index (χ0n) is 16.6. The van der Waals surface area contributed by atoms with Gasteiger partial charge in [0.1, 0.15) is 0 Å². The second kappa shape index (κ2) is 7.38. The van der Waals surface area contributed by atoms with Crippen molar-refractivity contribution in [1.82, 2.24) is 4.57 Å². The number of carbonyl (C=O) groups is 1. The Bertz CT molecular complexity index is 1280. The molecule has 31 heavy (non-hydrogen) atoms. The first-order chi connectivity index (χ1) is 14.9. The number of ketones is 1. The Morgan fingerprint density at radius 2 is 1.84 bits per heavy atom. The standard InChI is InChI=1S/C25H20F3N2O/c26-25(27,28)20-7-8-21-18(14-20)6-9-23(24(21)31)30-13-10-19-16-29(12-11-22(19)30)15-17-4-2-1-3-5-17/h1-5,7-8,10-14,16,23H,6,9,15H2/q+1. The average molecular weight is 421 g/mol. The minimum absolute atomic E-state index is 0.131. The number of Topliss-reactive ketones (excluding diaryl/α,β-unsaturated/α-hetero) is 1. The van der Waals surface area contributed by atoms with E-state index >= 15 is 0 Å². The fourth-order valence-electron chi connectivity index (χ4n) is 4.40. The molecule has 3 nitrogen and oxygen atoms in total. The summed E-state index contributed by atoms with van der Waals surface area (Å²) in [5, 5.41) is 1.02. The van der Waals surface area contributed by atoms with Crippen LogP contribution < -0.4 is 4.57 Å². The molecule has 6 heteroatoms. The molecule has 0 saturated heterocycles. The van der Waals surface area contributed by atoms with Crippen LogP contribution in [0.25, 0.3) is 10.9 Å². The third-order valence-corrected chi connectivity index (χ3v) is 5.95. The van der Waals surface area contributed by atoms with Gasteiger partial charge in [0.05, 0.1) is 22.5 Å². The highest BCUT2D eigenvalue weighted by atomic mass is 19.4. The summed E-state index contributed by atoms with van der Waals surface area (Å²) >= 11 is 0. The molecule has 2 aromatic carbocycles. The Morgan fingerprint density at radius 1 is 1.03 bits per heavy atom. The van der Waals surface area contributed by atoms with Crippen LogP contribution in [0.2, 0.25) is 0 Å². The molecule has 1 aliphatic rings. The van der Waals surface area contributed by atoms with Crippen LogP contribution in [0.1, 0.15) is 39.5 Å². The molecule has 0 saturated carbocycles. The van der Waals surface area contributed by atoms with Crippen LogP contribution >= 0.6 is 0 Å². The molecular weight excluding hydrogens is 401 g/mol. The van der Waals surface area contributed by atoms with Gasteiger partial charge in [0.2, 0.25) is 0 Å². The number of halogens is 3. The molecule has 5 rings (SSSR count). The summed E-state index contributed by atoms with van der Waals surface area (Å²) in [5.41, 5.74) is 2.31. The number of hydrogen-bond acceptors (Lipinski definition) is 1. The van der Waals surface area contributed by atoms with E-state index in [0.717, 1.165) is 29.6 Å². The third-order valence-electron chi connectivity index (χ3n) is 5.95. The molecular formula is C25H20F3N2O+. The number of hydrogen-bond donors (Lipinski definition) is 0. The number of alkyl halides is 3. The minimum Gasteiger partial charge on any atom is -0.336 e. The molecule has 2 heterocycles. The Labute approximate surface area is 177 Å². The van der Waals surface area contributed by atoms with Gasteiger partial charge in [-0.15, -0.1) is 0 Å². The zero-order valence-corrected chi connectivity index (χ0v) is 16.6. The molecule has 0 N–H and O–H groups in total. The van der Waals surface area contributed by atoms with Gasteiger partial charge < -0.3 is 4.57 Å². The summed E-state index contributed by atoms with van der Waals surface area (Å²) in [4.78, 5) is 13.1. The number of fused-ring (bicyclic) bond motifs is 2. The van der Waals surface area contributed by atoms with Crippen molar-refractivity contribution in [2.45, 2.75) is 31.6 Å². The maximum absolute atomic E-state index is 13.1. The van der Waals surface area contributed by atoms with E-state index < -0.39 is 17.8 Å². The highest BCUT2D eigenvalue weighted by Gasteiger charge is 2.34. The topological polar surface area (TPSA) is 25.9 Å². The Morgan fingerprint density at radius 3 is 2.61 bits per heavy atom. The van der Waals surface area contributed by atoms with Gasteiger partial charge in [-0.05, 0) is 36.6 Å². The van der Waals surface area contributed by atoms with Gasteiger partial charge in [-0.3, -0.25) is 4.79 Å². The molecule has 1 atom stereocenters. The second-order valence-corrected chi connectivity index (χ2v) is 7.95. The van der Waals surface area contributed by atoms with Crippen molar-refractivity contribution in [2.75, 3.05) is 0 Å². The first kappa shape index (κ1) is 19.5. The van der Waals surface area contributed by atoms with Crippen molar-refractivity contribution in [1.29, 1.82) is 0 Å². The highest BCUT2D eigenvalue weighted by molar-refractivity contribution is 6.02. The molecule has 4 aromatic rings. The Balaban J connectivity index is 1.44. The lowest BCUT2D eigenvalue weighted by molar-refractivity contribution is -0.687. The highest BCUT2D eigenvalue weighted by Crippen LogP contribution is 2.36. The molecule has 0 radical (unpaired) electrons. The third kappa shape index (κ3) is 3.63. The van der Waals surface area contributed by atoms with Crippen LogP contribution in [0, 0.1) is 0 Å². The van der Waals surface area contributed by atoms with Crippen LogP contribution in [0.3, 0.4) is 0 Å². The largest absolute Gasteiger partial charge is 0.416 e. The van der Waals surface area contributed by atoms with E-state index in [-0.39, 0.29) is 5.78 Å². The van der Waals surface area contributed by atoms with Crippen molar-refractivity contribution >= 4 is 16.7 Å². The molecule has 1 unspecified atom stereocenters. The monoisotopic (exact) mass is 421 g/mol. The average Bonchev–Trinajstić information content (AvgIpc) is 3.17. The lowest BCUT2D eigenvalue weighted by Crippen LogP contribution is -2.33. The smallest absolute Gasteiger partial charge is 0.336 e. The van der Waals surface area contributed by atoms with E-state index in [2.05, 4.69) is 22.9 Å². The fourth-order valence-corrected chi connectivity index (χ4v) is 4.40. The summed E-state index contributed by atoms with van der Waals surface area (Å²) in [7, 11) is 0. The van der Waals surface area contributed by atoms with Gasteiger partial charge in [-0.1, -0.05) is 36.4 Å². The molecule has 0 fully saturated rings. The Hall–Kier alpha value is -3.41. The van der Waals surface area contributed by atoms with Crippen molar-refractivity contribution in [3.8, 4) is 0 Å². The van der Waals surface area contributed by atoms with E-state index in [4.69, 9.17) is 0 Å². The van der Waals surface area contributed by atoms with E-state index in [1.54, 1.807) is 0 Å². The van der Waals surface area contributed by atoms with E-state index in [9.17, 15) is 18.0 Å². The molecule has 0 spiro atoms. The van der Waals surface area contributed by atoms with Gasteiger partial charge in [-0.2, -0.15) is 13.2 Å². The van der Waals surface area contributed by atoms with Gasteiger partial charge in [-0.25, -0.2) is 4.57 Å². The van der Waals surface area contributed by atoms with Crippen LogP contribution in [0.5, 0.6) is 0 Å². The lowest BCUT2D eigenvalue weighted by Gasteiger charge is -2.26. The lowest BCUT2D eigenvalue weighted by atomic mass is 9.86. The molecule has 0 aliphatic heterocycles. The molecule has 2 aromatic heterocycles. The molecule has 156 valence electrons. The number of aromatic nitrogens is 2. The van der Waals surface area contributed by atoms with Gasteiger partial charge in [0.25, 0.3) is 0 Å². The number of benzene rings is 2. The quantitative estimate of drug-likeness (QED) is 0.409. The summed E-state index contributed by atoms with van der Waals surface area (Å²) < 4.78 is 43.1. The van der Waals surface area contributed by atoms with Crippen LogP contribution in [-0.4, -0.2) is 10.4 Å². The fraction of sp³-hybridized carbons (Fsp3) is 0.200. The number of pyridine rings is 1. The first-order valence-electron chi connectivity index (χ1n) is 10.2. The molecule has 0 bridgehead atoms. The normalized spacial score (nSPS) is 16.5. The zero-order chi connectivity index (χ0) is 21.6. The van der Waals surface area contributed by atoms with Crippen molar-refractivity contribution in [2.24, 2.45) is 0 Å². The van der Waals surface area contributed by atoms with Gasteiger partial charge in [0.15, 0.2) is 24.7 Å². The van der Waals surface area contributed by atoms with Crippen molar-refractivity contribution in [3.63, 3.8) is 0 Å². The minimum atomic E-state index is -4.40. The van der Waals surface area contributed by atoms with Crippen molar-refractivity contribution < 1.29 is 22.5 Å². The summed E-state index contributed by atoms with van der Waals surface area (Å²) in [6, 6.07) is 17.2. The van der Waals surface area contributed by atoms with E-state index in [0.29, 0.717) is 24.0 Å². The number of carbonyl (C=O) groups excluding carboxylic acids is 1. The van der Waals surface area contributed by atoms with E-state index in [1.807, 2.05) is 47.3 Å². The maximum Gasteiger partial charge on any atom is 0.416 e. The second-order valence-electron chi connectivity index (χ2n) is 7.95. The van der Waals surface area contributed by atoms with E-state index in [1.165, 1.54) is 11.6 Å². The molecule has 0 amide bonds. The molecule has 1 aliphatic carbocycles. The van der Waals surface area contributed by atoms with Crippen LogP contribution in [0.15, 0.2) is 79.3 Å². The van der Waals surface area contributed by atoms with Gasteiger partial charge in [0, 0.05) is 23.4 Å². The number of nitrogens with zero attached hydrogens (tertiary/aromatic N) is 2. The maximum atomic E-state index is 13.1. The summed E-state index contributed by atoms with van der Waals surface area (Å²) in [6.07, 6.45) is 2.46. The van der Waals surface area contributed by atoms with Crippen molar-refractivity contribution in [3.05, 3.63) is 102 Å². The predicted molar refractivity (Wildman–Crippen MR) is 111 cm³/mol. The van der Waals surface area contributed by atoms with Gasteiger partial charge >= 0.3 is 6.18 Å². The summed E-state index contributed by atoms with van der Waals surface area (Å²) in [6.45, 7) is 0.749. The SMILES string of the molecule is O=C1c2ccc(C(F)(F)F)cc2CCC1n1ccc2c[n+](Cc3ccccc3)ccc21. The summed E-state index contributed by atoms with van der Waals surface area (Å²) in [5.74, 6) is -0.131. The predicted octanol–water partition coefficient (Wildman–Crippen LogP) is 5.37. The van der Waals surface area contributed by atoms with Crippen LogP contribution in [-0.2, 0) is 19.1 Å². The number of rotatable bonds is 3. The number of aryl methyl sites for hydroxylation is 1. The first-order valence-corrected chi connectivity index (χ1v) is 10.2. The van der Waals surface area contributed by atoms with Crippen LogP contribution in [0.4, 0.5) is 13.2 Å².